The molecule has 0 heterocycles. The van der Waals surface area contributed by atoms with E-state index in [1.807, 2.05) is 30.3 Å². The van der Waals surface area contributed by atoms with Gasteiger partial charge in [-0.3, -0.25) is 0 Å². The first-order valence-electron chi connectivity index (χ1n) is 5.39. The maximum Gasteiger partial charge on any atom is 0.389 e. The molecule has 4 heteroatoms. The van der Waals surface area contributed by atoms with Crippen LogP contribution < -0.4 is 5.32 Å². The van der Waals surface area contributed by atoms with Gasteiger partial charge in [-0.1, -0.05) is 30.0 Å². The molecule has 0 atom stereocenters. The lowest BCUT2D eigenvalue weighted by Gasteiger charge is -2.05. The van der Waals surface area contributed by atoms with Crippen molar-refractivity contribution in [1.29, 1.82) is 0 Å². The van der Waals surface area contributed by atoms with Crippen molar-refractivity contribution in [3.05, 3.63) is 35.9 Å². The molecule has 0 saturated heterocycles. The number of hydrogen-bond acceptors (Lipinski definition) is 1. The Kier molecular flexibility index (Phi) is 5.58. The summed E-state index contributed by atoms with van der Waals surface area (Å²) in [5, 5.41) is 2.85. The number of nitrogens with one attached hydrogen (secondary N) is 1. The van der Waals surface area contributed by atoms with Gasteiger partial charge in [0.05, 0.1) is 6.54 Å². The molecule has 1 aromatic carbocycles. The highest BCUT2D eigenvalue weighted by atomic mass is 19.4. The molecule has 0 aliphatic heterocycles. The Morgan fingerprint density at radius 1 is 1.12 bits per heavy atom. The molecule has 17 heavy (non-hydrogen) atoms. The van der Waals surface area contributed by atoms with Crippen molar-refractivity contribution in [2.45, 2.75) is 19.0 Å². The Bertz CT molecular complexity index is 373. The van der Waals surface area contributed by atoms with E-state index < -0.39 is 12.6 Å². The largest absolute Gasteiger partial charge is 0.389 e. The van der Waals surface area contributed by atoms with E-state index in [4.69, 9.17) is 0 Å². The standard InChI is InChI=1S/C13H14F3N/c14-13(15,16)9-5-11-17-10-4-8-12-6-2-1-3-7-12/h1-3,6-7,17H,5,9-11H2. The molecule has 1 N–H and O–H groups in total. The van der Waals surface area contributed by atoms with Gasteiger partial charge in [-0.05, 0) is 25.1 Å². The lowest BCUT2D eigenvalue weighted by molar-refractivity contribution is -0.135. The van der Waals surface area contributed by atoms with Crippen LogP contribution in [0.3, 0.4) is 0 Å². The molecule has 1 aromatic rings. The van der Waals surface area contributed by atoms with Crippen molar-refractivity contribution in [2.24, 2.45) is 0 Å². The van der Waals surface area contributed by atoms with Crippen LogP contribution in [-0.4, -0.2) is 19.3 Å². The summed E-state index contributed by atoms with van der Waals surface area (Å²) in [6.45, 7) is 0.746. The van der Waals surface area contributed by atoms with E-state index in [2.05, 4.69) is 17.2 Å². The van der Waals surface area contributed by atoms with Crippen LogP contribution in [0.2, 0.25) is 0 Å². The Morgan fingerprint density at radius 3 is 2.47 bits per heavy atom. The van der Waals surface area contributed by atoms with Crippen LogP contribution in [0, 0.1) is 11.8 Å². The van der Waals surface area contributed by atoms with Gasteiger partial charge in [0.25, 0.3) is 0 Å². The summed E-state index contributed by atoms with van der Waals surface area (Å²) in [5.41, 5.74) is 0.907. The maximum atomic E-state index is 11.8. The highest BCUT2D eigenvalue weighted by molar-refractivity contribution is 5.33. The molecular formula is C13H14F3N. The molecule has 0 spiro atoms. The van der Waals surface area contributed by atoms with Crippen LogP contribution in [-0.2, 0) is 0 Å². The van der Waals surface area contributed by atoms with Gasteiger partial charge in [0, 0.05) is 12.0 Å². The summed E-state index contributed by atoms with van der Waals surface area (Å²) in [6, 6.07) is 9.45. The molecule has 0 saturated carbocycles. The van der Waals surface area contributed by atoms with Gasteiger partial charge < -0.3 is 5.32 Å². The van der Waals surface area contributed by atoms with Crippen molar-refractivity contribution in [2.75, 3.05) is 13.1 Å². The molecule has 0 amide bonds. The summed E-state index contributed by atoms with van der Waals surface area (Å²) < 4.78 is 35.4. The predicted molar refractivity (Wildman–Crippen MR) is 61.5 cm³/mol. The lowest BCUT2D eigenvalue weighted by Crippen LogP contribution is -2.18. The minimum Gasteiger partial charge on any atom is -0.306 e. The Labute approximate surface area is 99.0 Å². The molecule has 0 fully saturated rings. The average molecular weight is 241 g/mol. The van der Waals surface area contributed by atoms with Crippen LogP contribution in [0.1, 0.15) is 18.4 Å². The fourth-order valence-corrected chi connectivity index (χ4v) is 1.23. The van der Waals surface area contributed by atoms with Gasteiger partial charge in [0.2, 0.25) is 0 Å². The molecule has 1 rings (SSSR count). The minimum absolute atomic E-state index is 0.0938. The van der Waals surface area contributed by atoms with Crippen molar-refractivity contribution >= 4 is 0 Å². The maximum absolute atomic E-state index is 11.8. The third-order valence-corrected chi connectivity index (χ3v) is 2.03. The lowest BCUT2D eigenvalue weighted by atomic mass is 10.2. The Hall–Kier alpha value is -1.47. The van der Waals surface area contributed by atoms with E-state index in [-0.39, 0.29) is 6.42 Å². The molecule has 0 aromatic heterocycles. The summed E-state index contributed by atoms with van der Waals surface area (Å²) in [7, 11) is 0. The van der Waals surface area contributed by atoms with Gasteiger partial charge in [-0.15, -0.1) is 0 Å². The summed E-state index contributed by atoms with van der Waals surface area (Å²) >= 11 is 0. The van der Waals surface area contributed by atoms with Crippen LogP contribution in [0.4, 0.5) is 13.2 Å². The molecule has 0 bridgehead atoms. The summed E-state index contributed by atoms with van der Waals surface area (Å²) in [4.78, 5) is 0. The Morgan fingerprint density at radius 2 is 1.82 bits per heavy atom. The molecule has 92 valence electrons. The van der Waals surface area contributed by atoms with Crippen molar-refractivity contribution < 1.29 is 13.2 Å². The molecule has 0 unspecified atom stereocenters. The van der Waals surface area contributed by atoms with E-state index in [0.29, 0.717) is 13.1 Å². The monoisotopic (exact) mass is 241 g/mol. The van der Waals surface area contributed by atoms with E-state index in [0.717, 1.165) is 5.56 Å². The van der Waals surface area contributed by atoms with E-state index >= 15 is 0 Å². The van der Waals surface area contributed by atoms with Crippen LogP contribution in [0.5, 0.6) is 0 Å². The van der Waals surface area contributed by atoms with Crippen molar-refractivity contribution in [3.8, 4) is 11.8 Å². The third kappa shape index (κ3) is 7.42. The smallest absolute Gasteiger partial charge is 0.306 e. The van der Waals surface area contributed by atoms with E-state index in [1.54, 1.807) is 0 Å². The molecule has 0 aliphatic carbocycles. The highest BCUT2D eigenvalue weighted by Crippen LogP contribution is 2.20. The molecule has 0 radical (unpaired) electrons. The predicted octanol–water partition coefficient (Wildman–Crippen LogP) is 2.97. The number of rotatable bonds is 4. The first-order valence-corrected chi connectivity index (χ1v) is 5.39. The first kappa shape index (κ1) is 13.6. The van der Waals surface area contributed by atoms with Crippen molar-refractivity contribution in [3.63, 3.8) is 0 Å². The first-order chi connectivity index (χ1) is 8.08. The SMILES string of the molecule is FC(F)(F)CCCNCC#Cc1ccccc1. The second-order valence-corrected chi connectivity index (χ2v) is 3.56. The zero-order valence-electron chi connectivity index (χ0n) is 9.35. The number of alkyl halides is 3. The zero-order valence-corrected chi connectivity index (χ0v) is 9.35. The second kappa shape index (κ2) is 6.97. The normalized spacial score (nSPS) is 10.8. The third-order valence-electron chi connectivity index (χ3n) is 2.03. The highest BCUT2D eigenvalue weighted by Gasteiger charge is 2.25. The summed E-state index contributed by atoms with van der Waals surface area (Å²) in [5.74, 6) is 5.77. The van der Waals surface area contributed by atoms with Gasteiger partial charge in [0.15, 0.2) is 0 Å². The second-order valence-electron chi connectivity index (χ2n) is 3.56. The van der Waals surface area contributed by atoms with Crippen LogP contribution in [0.15, 0.2) is 30.3 Å². The fraction of sp³-hybridized carbons (Fsp3) is 0.385. The van der Waals surface area contributed by atoms with Gasteiger partial charge >= 0.3 is 6.18 Å². The van der Waals surface area contributed by atoms with Crippen LogP contribution >= 0.6 is 0 Å². The van der Waals surface area contributed by atoms with Crippen molar-refractivity contribution in [1.82, 2.24) is 5.32 Å². The topological polar surface area (TPSA) is 12.0 Å². The Balaban J connectivity index is 2.11. The van der Waals surface area contributed by atoms with Gasteiger partial charge in [-0.25, -0.2) is 0 Å². The van der Waals surface area contributed by atoms with Gasteiger partial charge in [0.1, 0.15) is 0 Å². The van der Waals surface area contributed by atoms with E-state index in [9.17, 15) is 13.2 Å². The van der Waals surface area contributed by atoms with Crippen LogP contribution in [0.25, 0.3) is 0 Å². The average Bonchev–Trinajstić information content (AvgIpc) is 2.28. The molecule has 1 nitrogen and oxygen atoms in total. The number of halogens is 3. The zero-order chi connectivity index (χ0) is 12.6. The molecular weight excluding hydrogens is 227 g/mol. The number of benzene rings is 1. The quantitative estimate of drug-likeness (QED) is 0.631. The fourth-order valence-electron chi connectivity index (χ4n) is 1.23. The molecule has 0 aliphatic rings. The number of hydrogen-bond donors (Lipinski definition) is 1. The summed E-state index contributed by atoms with van der Waals surface area (Å²) in [6.07, 6.45) is -4.71. The van der Waals surface area contributed by atoms with Gasteiger partial charge in [-0.2, -0.15) is 13.2 Å². The van der Waals surface area contributed by atoms with E-state index in [1.165, 1.54) is 0 Å². The minimum atomic E-state index is -4.06.